The predicted molar refractivity (Wildman–Crippen MR) is 224 cm³/mol. The van der Waals surface area contributed by atoms with E-state index in [1.165, 1.54) is 0 Å². The van der Waals surface area contributed by atoms with Crippen molar-refractivity contribution in [3.63, 3.8) is 0 Å². The summed E-state index contributed by atoms with van der Waals surface area (Å²) in [6, 6.07) is 0.123. The minimum atomic E-state index is 0.0830. The summed E-state index contributed by atoms with van der Waals surface area (Å²) in [5.74, 6) is 0.282. The van der Waals surface area contributed by atoms with E-state index in [0.29, 0.717) is 19.4 Å². The number of carbonyl (C=O) groups excluding carboxylic acids is 2. The van der Waals surface area contributed by atoms with E-state index in [9.17, 15) is 9.59 Å². The molecule has 51 heavy (non-hydrogen) atoms. The zero-order valence-corrected chi connectivity index (χ0v) is 32.2. The highest BCUT2D eigenvalue weighted by atomic mass is 16.2. The van der Waals surface area contributed by atoms with Gasteiger partial charge >= 0.3 is 0 Å². The van der Waals surface area contributed by atoms with Crippen LogP contribution >= 0.6 is 0 Å². The normalized spacial score (nSPS) is 16.2. The molecule has 280 valence electrons. The third-order valence-corrected chi connectivity index (χ3v) is 8.29. The maximum absolute atomic E-state index is 12.9. The van der Waals surface area contributed by atoms with E-state index in [0.717, 1.165) is 109 Å². The van der Waals surface area contributed by atoms with Crippen LogP contribution < -0.4 is 5.32 Å². The summed E-state index contributed by atoms with van der Waals surface area (Å²) in [4.78, 5) is 27.2. The van der Waals surface area contributed by atoms with Crippen LogP contribution in [0.3, 0.4) is 0 Å². The number of allylic oxidation sites excluding steroid dienone is 22. The zero-order valence-electron chi connectivity index (χ0n) is 32.2. The van der Waals surface area contributed by atoms with Gasteiger partial charge in [-0.1, -0.05) is 148 Å². The maximum atomic E-state index is 12.9. The summed E-state index contributed by atoms with van der Waals surface area (Å²) in [5, 5.41) is 3.08. The number of likely N-dealkylation sites (tertiary alicyclic amines) is 1. The molecule has 1 aliphatic rings. The molecule has 0 aromatic rings. The van der Waals surface area contributed by atoms with Gasteiger partial charge in [0.25, 0.3) is 0 Å². The first-order valence-corrected chi connectivity index (χ1v) is 19.9. The molecule has 4 nitrogen and oxygen atoms in total. The monoisotopic (exact) mass is 695 g/mol. The summed E-state index contributed by atoms with van der Waals surface area (Å²) < 4.78 is 0. The minimum Gasteiger partial charge on any atom is -0.354 e. The van der Waals surface area contributed by atoms with Gasteiger partial charge in [0.05, 0.1) is 0 Å². The number of hydrogen-bond acceptors (Lipinski definition) is 2. The molecule has 1 unspecified atom stereocenters. The van der Waals surface area contributed by atoms with Crippen molar-refractivity contribution in [2.75, 3.05) is 13.1 Å². The summed E-state index contributed by atoms with van der Waals surface area (Å²) >= 11 is 0. The van der Waals surface area contributed by atoms with Crippen molar-refractivity contribution >= 4 is 11.8 Å². The second kappa shape index (κ2) is 35.9. The number of unbranched alkanes of at least 4 members (excludes halogenated alkanes) is 1. The van der Waals surface area contributed by atoms with E-state index in [2.05, 4.69) is 153 Å². The SMILES string of the molecule is CC/C=C\C/C=C\C/C=C\C/C=C\C/C=C\C/C=C\CCC(=O)N1CCCC1CNC(=O)CCC/C=C\C/C=C\C/C=C\C/C=C\C/C=C\CC. The highest BCUT2D eigenvalue weighted by molar-refractivity contribution is 5.78. The molecule has 0 radical (unpaired) electrons. The molecule has 0 aromatic heterocycles. The van der Waals surface area contributed by atoms with Crippen LogP contribution in [0.2, 0.25) is 0 Å². The average molecular weight is 695 g/mol. The highest BCUT2D eigenvalue weighted by Crippen LogP contribution is 2.18. The molecular formula is C47H70N2O2. The fraction of sp³-hybridized carbons (Fsp3) is 0.489. The van der Waals surface area contributed by atoms with Crippen LogP contribution in [0.1, 0.15) is 129 Å². The van der Waals surface area contributed by atoms with E-state index in [1.54, 1.807) is 0 Å². The molecule has 0 bridgehead atoms. The second-order valence-electron chi connectivity index (χ2n) is 12.7. The standard InChI is InChI=1S/C47H70N2O2/c1-3-5-7-9-11-13-15-17-19-21-22-24-26-28-30-32-34-36-38-42-47(51)49-43-39-40-45(49)44-48-46(50)41-37-35-33-31-29-27-25-23-20-18-16-14-12-10-8-6-4-2/h5-8,11-14,17-20,22,24-25,27-28,30-31,33-34,36,45H,3-4,9-10,15-16,21,23,26,29,32,35,37-44H2,1-2H3,(H,48,50)/b7-5-,8-6-,13-11-,14-12-,19-17-,20-18-,24-22-,27-25-,30-28-,33-31-,36-34-. The van der Waals surface area contributed by atoms with E-state index in [1.807, 2.05) is 4.90 Å². The lowest BCUT2D eigenvalue weighted by Gasteiger charge is -2.25. The molecule has 1 fully saturated rings. The smallest absolute Gasteiger partial charge is 0.223 e. The Balaban J connectivity index is 2.08. The van der Waals surface area contributed by atoms with Crippen LogP contribution in [0.5, 0.6) is 0 Å². The van der Waals surface area contributed by atoms with E-state index in [-0.39, 0.29) is 17.9 Å². The zero-order chi connectivity index (χ0) is 36.7. The molecule has 0 saturated carbocycles. The second-order valence-corrected chi connectivity index (χ2v) is 12.7. The number of hydrogen-bond donors (Lipinski definition) is 1. The van der Waals surface area contributed by atoms with Crippen molar-refractivity contribution in [1.82, 2.24) is 10.2 Å². The molecule has 1 rings (SSSR count). The number of rotatable bonds is 29. The van der Waals surface area contributed by atoms with Crippen molar-refractivity contribution in [2.45, 2.75) is 135 Å². The van der Waals surface area contributed by atoms with Gasteiger partial charge in [-0.2, -0.15) is 0 Å². The van der Waals surface area contributed by atoms with Crippen LogP contribution in [0.15, 0.2) is 134 Å². The van der Waals surface area contributed by atoms with E-state index >= 15 is 0 Å². The van der Waals surface area contributed by atoms with Gasteiger partial charge in [0.2, 0.25) is 11.8 Å². The van der Waals surface area contributed by atoms with E-state index < -0.39 is 0 Å². The van der Waals surface area contributed by atoms with Crippen LogP contribution in [0.4, 0.5) is 0 Å². The lowest BCUT2D eigenvalue weighted by Crippen LogP contribution is -2.43. The third-order valence-electron chi connectivity index (χ3n) is 8.29. The first kappa shape index (κ1) is 45.1. The van der Waals surface area contributed by atoms with Crippen LogP contribution in [-0.2, 0) is 9.59 Å². The molecular weight excluding hydrogens is 625 g/mol. The first-order chi connectivity index (χ1) is 25.2. The van der Waals surface area contributed by atoms with Crippen LogP contribution in [0.25, 0.3) is 0 Å². The third kappa shape index (κ3) is 29.5. The summed E-state index contributed by atoms with van der Waals surface area (Å²) in [7, 11) is 0. The molecule has 1 saturated heterocycles. The Hall–Kier alpha value is -3.92. The van der Waals surface area contributed by atoms with Gasteiger partial charge in [-0.25, -0.2) is 0 Å². The highest BCUT2D eigenvalue weighted by Gasteiger charge is 2.28. The van der Waals surface area contributed by atoms with Crippen LogP contribution in [0, 0.1) is 0 Å². The molecule has 0 aromatic carbocycles. The van der Waals surface area contributed by atoms with Gasteiger partial charge in [0.15, 0.2) is 0 Å². The Morgan fingerprint density at radius 3 is 1.29 bits per heavy atom. The number of nitrogens with one attached hydrogen (secondary N) is 1. The van der Waals surface area contributed by atoms with Gasteiger partial charge in [-0.3, -0.25) is 9.59 Å². The number of carbonyl (C=O) groups is 2. The van der Waals surface area contributed by atoms with Crippen LogP contribution in [-0.4, -0.2) is 35.8 Å². The number of nitrogens with zero attached hydrogens (tertiary/aromatic N) is 1. The van der Waals surface area contributed by atoms with Gasteiger partial charge in [0, 0.05) is 32.0 Å². The molecule has 1 atom stereocenters. The Bertz CT molecular complexity index is 1200. The molecule has 0 spiro atoms. The predicted octanol–water partition coefficient (Wildman–Crippen LogP) is 12.5. The lowest BCUT2D eigenvalue weighted by molar-refractivity contribution is -0.132. The van der Waals surface area contributed by atoms with Crippen molar-refractivity contribution in [3.8, 4) is 0 Å². The van der Waals surface area contributed by atoms with Gasteiger partial charge in [-0.15, -0.1) is 0 Å². The molecule has 2 amide bonds. The largest absolute Gasteiger partial charge is 0.354 e. The minimum absolute atomic E-state index is 0.0830. The van der Waals surface area contributed by atoms with Gasteiger partial charge < -0.3 is 10.2 Å². The van der Waals surface area contributed by atoms with Crippen molar-refractivity contribution in [1.29, 1.82) is 0 Å². The van der Waals surface area contributed by atoms with Gasteiger partial charge in [-0.05, 0) is 103 Å². The molecule has 1 heterocycles. The lowest BCUT2D eigenvalue weighted by atomic mass is 10.1. The van der Waals surface area contributed by atoms with Crippen molar-refractivity contribution in [3.05, 3.63) is 134 Å². The Kier molecular flexibility index (Phi) is 31.7. The Labute approximate surface area is 313 Å². The van der Waals surface area contributed by atoms with E-state index in [4.69, 9.17) is 0 Å². The van der Waals surface area contributed by atoms with Gasteiger partial charge in [0.1, 0.15) is 0 Å². The number of amides is 2. The average Bonchev–Trinajstić information content (AvgIpc) is 3.62. The topological polar surface area (TPSA) is 49.4 Å². The summed E-state index contributed by atoms with van der Waals surface area (Å²) in [6.07, 6.45) is 64.8. The first-order valence-electron chi connectivity index (χ1n) is 19.9. The Morgan fingerprint density at radius 1 is 0.510 bits per heavy atom. The Morgan fingerprint density at radius 2 is 0.882 bits per heavy atom. The summed E-state index contributed by atoms with van der Waals surface area (Å²) in [6.45, 7) is 5.67. The summed E-state index contributed by atoms with van der Waals surface area (Å²) in [5.41, 5.74) is 0. The fourth-order valence-electron chi connectivity index (χ4n) is 5.44. The van der Waals surface area contributed by atoms with Crippen molar-refractivity contribution < 1.29 is 9.59 Å². The fourth-order valence-corrected chi connectivity index (χ4v) is 5.44. The van der Waals surface area contributed by atoms with Crippen molar-refractivity contribution in [2.24, 2.45) is 0 Å². The molecule has 4 heteroatoms. The molecule has 0 aliphatic carbocycles. The molecule has 1 N–H and O–H groups in total. The molecule has 1 aliphatic heterocycles. The quantitative estimate of drug-likeness (QED) is 0.0626. The maximum Gasteiger partial charge on any atom is 0.223 e.